The summed E-state index contributed by atoms with van der Waals surface area (Å²) in [6, 6.07) is 2.49. The van der Waals surface area contributed by atoms with Crippen molar-refractivity contribution in [3.8, 4) is 0 Å². The molecule has 3 nitrogen and oxygen atoms in total. The van der Waals surface area contributed by atoms with Crippen LogP contribution in [0.3, 0.4) is 0 Å². The molecule has 0 radical (unpaired) electrons. The maximum absolute atomic E-state index is 5.52. The van der Waals surface area contributed by atoms with E-state index in [-0.39, 0.29) is 0 Å². The van der Waals surface area contributed by atoms with Crippen LogP contribution < -0.4 is 5.32 Å². The summed E-state index contributed by atoms with van der Waals surface area (Å²) in [6.45, 7) is 5.36. The van der Waals surface area contributed by atoms with E-state index >= 15 is 0 Å². The van der Waals surface area contributed by atoms with Gasteiger partial charge in [0, 0.05) is 31.3 Å². The van der Waals surface area contributed by atoms with Crippen LogP contribution in [0.15, 0.2) is 0 Å². The van der Waals surface area contributed by atoms with E-state index in [0.717, 1.165) is 49.7 Å². The van der Waals surface area contributed by atoms with E-state index in [2.05, 4.69) is 24.2 Å². The van der Waals surface area contributed by atoms with Crippen molar-refractivity contribution in [3.63, 3.8) is 0 Å². The SMILES string of the molecule is CCNC(CC1CCOCC1)C1CC2CCC(C1)N2C. The zero-order valence-corrected chi connectivity index (χ0v) is 13.3. The van der Waals surface area contributed by atoms with Crippen LogP contribution in [0.4, 0.5) is 0 Å². The molecule has 2 bridgehead atoms. The molecule has 1 N–H and O–H groups in total. The van der Waals surface area contributed by atoms with Crippen LogP contribution in [0.2, 0.25) is 0 Å². The maximum atomic E-state index is 5.52. The third-order valence-corrected chi connectivity index (χ3v) is 6.10. The van der Waals surface area contributed by atoms with Crippen molar-refractivity contribution in [1.82, 2.24) is 10.2 Å². The summed E-state index contributed by atoms with van der Waals surface area (Å²) in [4.78, 5) is 2.66. The maximum Gasteiger partial charge on any atom is 0.0468 e. The molecule has 3 unspecified atom stereocenters. The summed E-state index contributed by atoms with van der Waals surface area (Å²) in [5, 5.41) is 3.82. The first-order chi connectivity index (χ1) is 9.78. The van der Waals surface area contributed by atoms with E-state index in [1.807, 2.05) is 0 Å². The zero-order valence-electron chi connectivity index (χ0n) is 13.3. The van der Waals surface area contributed by atoms with Crippen LogP contribution in [0.25, 0.3) is 0 Å². The van der Waals surface area contributed by atoms with Crippen LogP contribution in [-0.4, -0.2) is 49.8 Å². The standard InChI is InChI=1S/C17H32N2O/c1-3-18-17(10-13-6-8-20-9-7-13)14-11-15-4-5-16(12-14)19(15)2/h13-18H,3-12H2,1-2H3. The largest absolute Gasteiger partial charge is 0.381 e. The number of rotatable bonds is 5. The Morgan fingerprint density at radius 1 is 1.10 bits per heavy atom. The highest BCUT2D eigenvalue weighted by Gasteiger charge is 2.41. The Bertz CT molecular complexity index is 289. The van der Waals surface area contributed by atoms with Crippen molar-refractivity contribution in [2.24, 2.45) is 11.8 Å². The number of nitrogens with zero attached hydrogens (tertiary/aromatic N) is 1. The van der Waals surface area contributed by atoms with Gasteiger partial charge in [0.15, 0.2) is 0 Å². The lowest BCUT2D eigenvalue weighted by molar-refractivity contribution is 0.0507. The summed E-state index contributed by atoms with van der Waals surface area (Å²) in [7, 11) is 2.35. The molecule has 0 aromatic heterocycles. The third-order valence-electron chi connectivity index (χ3n) is 6.10. The van der Waals surface area contributed by atoms with Gasteiger partial charge in [-0.15, -0.1) is 0 Å². The molecule has 3 heterocycles. The molecular weight excluding hydrogens is 248 g/mol. The minimum absolute atomic E-state index is 0.750. The predicted molar refractivity (Wildman–Crippen MR) is 82.9 cm³/mol. The molecule has 20 heavy (non-hydrogen) atoms. The molecule has 0 aromatic carbocycles. The van der Waals surface area contributed by atoms with E-state index in [1.165, 1.54) is 44.9 Å². The highest BCUT2D eigenvalue weighted by Crippen LogP contribution is 2.40. The molecule has 0 aromatic rings. The van der Waals surface area contributed by atoms with Crippen LogP contribution >= 0.6 is 0 Å². The molecule has 3 heteroatoms. The van der Waals surface area contributed by atoms with Gasteiger partial charge in [-0.2, -0.15) is 0 Å². The molecule has 3 aliphatic rings. The van der Waals surface area contributed by atoms with Crippen LogP contribution in [0, 0.1) is 11.8 Å². The molecule has 3 saturated heterocycles. The minimum atomic E-state index is 0.750. The van der Waals surface area contributed by atoms with Gasteiger partial charge in [-0.1, -0.05) is 6.92 Å². The smallest absolute Gasteiger partial charge is 0.0468 e. The van der Waals surface area contributed by atoms with Crippen LogP contribution in [-0.2, 0) is 4.74 Å². The van der Waals surface area contributed by atoms with Crippen molar-refractivity contribution in [1.29, 1.82) is 0 Å². The Labute approximate surface area is 124 Å². The average molecular weight is 280 g/mol. The number of hydrogen-bond acceptors (Lipinski definition) is 3. The minimum Gasteiger partial charge on any atom is -0.381 e. The topological polar surface area (TPSA) is 24.5 Å². The Morgan fingerprint density at radius 2 is 1.75 bits per heavy atom. The van der Waals surface area contributed by atoms with E-state index < -0.39 is 0 Å². The number of piperidine rings is 1. The average Bonchev–Trinajstić information content (AvgIpc) is 2.69. The normalized spacial score (nSPS) is 37.2. The predicted octanol–water partition coefficient (Wildman–Crippen LogP) is 2.65. The molecule has 3 fully saturated rings. The molecule has 116 valence electrons. The highest BCUT2D eigenvalue weighted by molar-refractivity contribution is 4.97. The number of nitrogens with one attached hydrogen (secondary N) is 1. The van der Waals surface area contributed by atoms with Gasteiger partial charge < -0.3 is 15.0 Å². The Morgan fingerprint density at radius 3 is 2.35 bits per heavy atom. The van der Waals surface area contributed by atoms with Crippen molar-refractivity contribution < 1.29 is 4.74 Å². The summed E-state index contributed by atoms with van der Waals surface area (Å²) in [5.74, 6) is 1.80. The van der Waals surface area contributed by atoms with Gasteiger partial charge in [0.25, 0.3) is 0 Å². The summed E-state index contributed by atoms with van der Waals surface area (Å²) in [5.41, 5.74) is 0. The van der Waals surface area contributed by atoms with Crippen molar-refractivity contribution in [2.45, 2.75) is 70.0 Å². The molecule has 0 spiro atoms. The number of ether oxygens (including phenoxy) is 1. The van der Waals surface area contributed by atoms with Gasteiger partial charge in [-0.3, -0.25) is 0 Å². The van der Waals surface area contributed by atoms with Gasteiger partial charge in [0.05, 0.1) is 0 Å². The third kappa shape index (κ3) is 3.20. The number of fused-ring (bicyclic) bond motifs is 2. The first-order valence-corrected chi connectivity index (χ1v) is 8.81. The van der Waals surface area contributed by atoms with E-state index in [4.69, 9.17) is 4.74 Å². The van der Waals surface area contributed by atoms with Crippen LogP contribution in [0.5, 0.6) is 0 Å². The molecule has 0 saturated carbocycles. The number of hydrogen-bond donors (Lipinski definition) is 1. The van der Waals surface area contributed by atoms with Gasteiger partial charge in [0.1, 0.15) is 0 Å². The molecular formula is C17H32N2O. The van der Waals surface area contributed by atoms with Crippen LogP contribution in [0.1, 0.15) is 51.9 Å². The molecule has 3 aliphatic heterocycles. The van der Waals surface area contributed by atoms with Gasteiger partial charge in [-0.25, -0.2) is 0 Å². The second-order valence-corrected chi connectivity index (χ2v) is 7.24. The molecule has 0 aliphatic carbocycles. The monoisotopic (exact) mass is 280 g/mol. The molecule has 3 rings (SSSR count). The summed E-state index contributed by atoms with van der Waals surface area (Å²) < 4.78 is 5.52. The lowest BCUT2D eigenvalue weighted by Crippen LogP contribution is -2.47. The fourth-order valence-corrected chi connectivity index (χ4v) is 4.83. The molecule has 3 atom stereocenters. The first kappa shape index (κ1) is 14.8. The molecule has 0 amide bonds. The Kier molecular flexibility index (Phi) is 5.00. The lowest BCUT2D eigenvalue weighted by atomic mass is 9.79. The fraction of sp³-hybridized carbons (Fsp3) is 1.00. The van der Waals surface area contributed by atoms with Crippen molar-refractivity contribution >= 4 is 0 Å². The second-order valence-electron chi connectivity index (χ2n) is 7.24. The van der Waals surface area contributed by atoms with E-state index in [9.17, 15) is 0 Å². The first-order valence-electron chi connectivity index (χ1n) is 8.81. The van der Waals surface area contributed by atoms with Gasteiger partial charge in [-0.05, 0) is 70.4 Å². The van der Waals surface area contributed by atoms with Gasteiger partial charge >= 0.3 is 0 Å². The van der Waals surface area contributed by atoms with E-state index in [0.29, 0.717) is 0 Å². The summed E-state index contributed by atoms with van der Waals surface area (Å²) in [6.07, 6.45) is 9.66. The Balaban J connectivity index is 1.58. The van der Waals surface area contributed by atoms with Gasteiger partial charge in [0.2, 0.25) is 0 Å². The summed E-state index contributed by atoms with van der Waals surface area (Å²) >= 11 is 0. The second kappa shape index (κ2) is 6.76. The highest BCUT2D eigenvalue weighted by atomic mass is 16.5. The lowest BCUT2D eigenvalue weighted by Gasteiger charge is -2.41. The Hall–Kier alpha value is -0.120. The van der Waals surface area contributed by atoms with Crippen molar-refractivity contribution in [2.75, 3.05) is 26.8 Å². The fourth-order valence-electron chi connectivity index (χ4n) is 4.83. The quantitative estimate of drug-likeness (QED) is 0.838. The van der Waals surface area contributed by atoms with E-state index in [1.54, 1.807) is 0 Å². The van der Waals surface area contributed by atoms with Crippen molar-refractivity contribution in [3.05, 3.63) is 0 Å². The zero-order chi connectivity index (χ0) is 13.9.